The Hall–Kier alpha value is -2.95. The van der Waals surface area contributed by atoms with E-state index in [2.05, 4.69) is 26.2 Å². The van der Waals surface area contributed by atoms with Gasteiger partial charge in [-0.25, -0.2) is 4.79 Å². The van der Waals surface area contributed by atoms with Crippen LogP contribution in [0.25, 0.3) is 5.57 Å². The van der Waals surface area contributed by atoms with Gasteiger partial charge >= 0.3 is 5.97 Å². The zero-order valence-corrected chi connectivity index (χ0v) is 23.0. The number of morpholine rings is 1. The lowest BCUT2D eigenvalue weighted by atomic mass is 9.82. The molecule has 0 aliphatic carbocycles. The van der Waals surface area contributed by atoms with Crippen LogP contribution in [0.2, 0.25) is 19.6 Å². The van der Waals surface area contributed by atoms with Gasteiger partial charge in [-0.3, -0.25) is 9.59 Å². The van der Waals surface area contributed by atoms with Crippen LogP contribution in [-0.2, 0) is 28.3 Å². The largest absolute Gasteiger partial charge is 0.484 e. The van der Waals surface area contributed by atoms with Crippen molar-refractivity contribution in [1.82, 2.24) is 9.80 Å². The van der Waals surface area contributed by atoms with Crippen LogP contribution in [0.4, 0.5) is 0 Å². The van der Waals surface area contributed by atoms with Crippen molar-refractivity contribution in [2.45, 2.75) is 45.1 Å². The smallest absolute Gasteiger partial charge is 0.355 e. The zero-order chi connectivity index (χ0) is 26.7. The van der Waals surface area contributed by atoms with E-state index >= 15 is 0 Å². The lowest BCUT2D eigenvalue weighted by Crippen LogP contribution is -2.63. The quantitative estimate of drug-likeness (QED) is 0.199. The molecule has 0 unspecified atom stereocenters. The molecule has 1 aromatic rings. The molecule has 4 rings (SSSR count). The summed E-state index contributed by atoms with van der Waals surface area (Å²) >= 11 is 0. The number of amides is 2. The van der Waals surface area contributed by atoms with Crippen molar-refractivity contribution in [3.8, 4) is 5.75 Å². The molecule has 2 fully saturated rings. The van der Waals surface area contributed by atoms with Gasteiger partial charge < -0.3 is 28.4 Å². The predicted octanol–water partition coefficient (Wildman–Crippen LogP) is 2.84. The first-order valence-corrected chi connectivity index (χ1v) is 16.1. The van der Waals surface area contributed by atoms with E-state index in [1.807, 2.05) is 19.1 Å². The Kier molecular flexibility index (Phi) is 8.20. The van der Waals surface area contributed by atoms with E-state index in [-0.39, 0.29) is 48.8 Å². The lowest BCUT2D eigenvalue weighted by molar-refractivity contribution is -0.161. The van der Waals surface area contributed by atoms with Gasteiger partial charge in [-0.05, 0) is 56.3 Å². The summed E-state index contributed by atoms with van der Waals surface area (Å²) in [7, 11) is -1.84. The number of ether oxygens (including phenoxy) is 3. The number of hydrogen-bond donors (Lipinski definition) is 0. The Morgan fingerprint density at radius 1 is 1.19 bits per heavy atom. The summed E-state index contributed by atoms with van der Waals surface area (Å²) in [5, 5.41) is 0. The zero-order valence-electron chi connectivity index (χ0n) is 22.0. The van der Waals surface area contributed by atoms with Crippen molar-refractivity contribution in [1.29, 1.82) is 0 Å². The van der Waals surface area contributed by atoms with Gasteiger partial charge in [0.1, 0.15) is 18.1 Å². The molecule has 9 nitrogen and oxygen atoms in total. The molecule has 3 atom stereocenters. The number of carbonyl (C=O) groups is 3. The summed E-state index contributed by atoms with van der Waals surface area (Å²) < 4.78 is 22.5. The molecule has 0 spiro atoms. The molecule has 3 aliphatic rings. The Morgan fingerprint density at radius 3 is 2.49 bits per heavy atom. The third-order valence-electron chi connectivity index (χ3n) is 6.71. The van der Waals surface area contributed by atoms with Crippen LogP contribution >= 0.6 is 0 Å². The number of carbonyl (C=O) groups excluding carboxylic acids is 3. The van der Waals surface area contributed by atoms with E-state index < -0.39 is 14.3 Å². The molecule has 3 aliphatic heterocycles. The molecule has 0 radical (unpaired) electrons. The van der Waals surface area contributed by atoms with Gasteiger partial charge in [0.2, 0.25) is 5.91 Å². The molecule has 0 N–H and O–H groups in total. The van der Waals surface area contributed by atoms with Crippen molar-refractivity contribution in [3.05, 3.63) is 48.2 Å². The summed E-state index contributed by atoms with van der Waals surface area (Å²) in [5.74, 6) is -0.492. The van der Waals surface area contributed by atoms with Crippen LogP contribution in [-0.4, -0.2) is 87.6 Å². The van der Waals surface area contributed by atoms with Crippen molar-refractivity contribution >= 4 is 31.7 Å². The molecule has 37 heavy (non-hydrogen) atoms. The monoisotopic (exact) mass is 528 g/mol. The second-order valence-electron chi connectivity index (χ2n) is 10.5. The minimum absolute atomic E-state index is 0.0534. The molecular weight excluding hydrogens is 492 g/mol. The fourth-order valence-electron chi connectivity index (χ4n) is 5.14. The van der Waals surface area contributed by atoms with E-state index in [9.17, 15) is 14.4 Å². The molecule has 1 aromatic carbocycles. The van der Waals surface area contributed by atoms with Crippen LogP contribution in [0, 0.1) is 5.92 Å². The highest BCUT2D eigenvalue weighted by atomic mass is 28.4. The lowest BCUT2D eigenvalue weighted by Gasteiger charge is -2.47. The van der Waals surface area contributed by atoms with Crippen LogP contribution < -0.4 is 4.74 Å². The maximum Gasteiger partial charge on any atom is 0.355 e. The summed E-state index contributed by atoms with van der Waals surface area (Å²) in [6.07, 6.45) is 1.80. The van der Waals surface area contributed by atoms with E-state index in [0.717, 1.165) is 11.1 Å². The van der Waals surface area contributed by atoms with Gasteiger partial charge in [0.15, 0.2) is 14.9 Å². The number of β-lactam (4-membered cyclic amide) rings is 1. The molecule has 2 saturated heterocycles. The summed E-state index contributed by atoms with van der Waals surface area (Å²) in [6.45, 7) is 14.1. The minimum atomic E-state index is -1.84. The Balaban J connectivity index is 1.50. The second-order valence-corrected chi connectivity index (χ2v) is 14.9. The van der Waals surface area contributed by atoms with Crippen LogP contribution in [0.15, 0.2) is 42.6 Å². The van der Waals surface area contributed by atoms with Crippen molar-refractivity contribution in [2.24, 2.45) is 5.92 Å². The first-order chi connectivity index (χ1) is 17.6. The topological polar surface area (TPSA) is 94.6 Å². The van der Waals surface area contributed by atoms with Gasteiger partial charge in [0.25, 0.3) is 5.91 Å². The summed E-state index contributed by atoms with van der Waals surface area (Å²) in [5.41, 5.74) is 1.84. The maximum atomic E-state index is 13.2. The molecule has 2 amide bonds. The fourth-order valence-corrected chi connectivity index (χ4v) is 6.40. The van der Waals surface area contributed by atoms with Crippen LogP contribution in [0.5, 0.6) is 5.75 Å². The average molecular weight is 529 g/mol. The highest BCUT2D eigenvalue weighted by Gasteiger charge is 2.57. The van der Waals surface area contributed by atoms with Crippen molar-refractivity contribution in [2.75, 3.05) is 39.5 Å². The number of hydrogen-bond acceptors (Lipinski definition) is 7. The molecule has 0 bridgehead atoms. The van der Waals surface area contributed by atoms with E-state index in [4.69, 9.17) is 18.6 Å². The first-order valence-electron chi connectivity index (χ1n) is 12.7. The number of nitrogens with zero attached hydrogens (tertiary/aromatic N) is 2. The van der Waals surface area contributed by atoms with Gasteiger partial charge in [0.05, 0.1) is 31.3 Å². The summed E-state index contributed by atoms with van der Waals surface area (Å²) in [6, 6.07) is 7.08. The van der Waals surface area contributed by atoms with Crippen LogP contribution in [0.1, 0.15) is 18.9 Å². The minimum Gasteiger partial charge on any atom is -0.484 e. The van der Waals surface area contributed by atoms with E-state index in [1.54, 1.807) is 21.9 Å². The van der Waals surface area contributed by atoms with Crippen molar-refractivity contribution < 1.29 is 33.0 Å². The van der Waals surface area contributed by atoms with Gasteiger partial charge in [-0.15, -0.1) is 0 Å². The van der Waals surface area contributed by atoms with Gasteiger partial charge in [-0.2, -0.15) is 0 Å². The van der Waals surface area contributed by atoms with E-state index in [0.29, 0.717) is 38.5 Å². The summed E-state index contributed by atoms with van der Waals surface area (Å²) in [4.78, 5) is 41.9. The SMILES string of the molecule is C=CCOC(=O)C1=C(c2ccc(OCC(=O)N3CCOCC3)cc2)C[C@@H]2[C@@H]([C@@H](C)O[Si](C)(C)C)C(=O)N12. The molecule has 3 heterocycles. The molecular formula is C27H36N2O7Si. The average Bonchev–Trinajstić information content (AvgIpc) is 3.20. The predicted molar refractivity (Wildman–Crippen MR) is 140 cm³/mol. The Bertz CT molecular complexity index is 1070. The molecule has 10 heteroatoms. The molecule has 0 aromatic heterocycles. The van der Waals surface area contributed by atoms with Crippen LogP contribution in [0.3, 0.4) is 0 Å². The number of rotatable bonds is 10. The number of esters is 1. The fraction of sp³-hybridized carbons (Fsp3) is 0.519. The third-order valence-corrected chi connectivity index (χ3v) is 7.79. The van der Waals surface area contributed by atoms with Gasteiger partial charge in [-0.1, -0.05) is 24.8 Å². The number of fused-ring (bicyclic) bond motifs is 1. The highest BCUT2D eigenvalue weighted by molar-refractivity contribution is 6.69. The first kappa shape index (κ1) is 27.1. The Morgan fingerprint density at radius 2 is 1.86 bits per heavy atom. The second kappa shape index (κ2) is 11.2. The molecule has 0 saturated carbocycles. The highest BCUT2D eigenvalue weighted by Crippen LogP contribution is 2.48. The Labute approximate surface area is 219 Å². The third kappa shape index (κ3) is 5.97. The normalized spacial score (nSPS) is 22.3. The maximum absolute atomic E-state index is 13.2. The van der Waals surface area contributed by atoms with Crippen molar-refractivity contribution in [3.63, 3.8) is 0 Å². The number of benzene rings is 1. The standard InChI is InChI=1S/C27H36N2O7Si/c1-6-13-34-27(32)25-21(16-22-24(26(31)29(22)25)18(2)36-37(3,4)5)19-7-9-20(10-8-19)35-17-23(30)28-11-14-33-15-12-28/h6-10,18,22,24H,1,11-17H2,2-5H3/t18-,22-,24-/m1/s1. The van der Waals surface area contributed by atoms with Gasteiger partial charge in [0, 0.05) is 13.1 Å². The van der Waals surface area contributed by atoms with E-state index in [1.165, 1.54) is 6.08 Å². The molecule has 200 valence electrons.